The van der Waals surface area contributed by atoms with E-state index in [1.165, 1.54) is 0 Å². The minimum Gasteiger partial charge on any atom is -0.348 e. The lowest BCUT2D eigenvalue weighted by molar-refractivity contribution is -0.126. The highest BCUT2D eigenvalue weighted by Crippen LogP contribution is 2.09. The molecule has 0 aromatic heterocycles. The molecule has 1 aromatic carbocycles. The quantitative estimate of drug-likeness (QED) is 0.588. The van der Waals surface area contributed by atoms with Crippen LogP contribution in [0.25, 0.3) is 0 Å². The Kier molecular flexibility index (Phi) is 5.24. The third-order valence-corrected chi connectivity index (χ3v) is 2.67. The van der Waals surface area contributed by atoms with E-state index in [2.05, 4.69) is 5.32 Å². The molecule has 1 rings (SSSR count). The molecule has 1 atom stereocenters. The second-order valence-electron chi connectivity index (χ2n) is 4.39. The first-order valence-corrected chi connectivity index (χ1v) is 5.88. The van der Waals surface area contributed by atoms with Gasteiger partial charge in [0, 0.05) is 17.9 Å². The van der Waals surface area contributed by atoms with Crippen LogP contribution in [0.5, 0.6) is 0 Å². The van der Waals surface area contributed by atoms with Crippen LogP contribution in [0, 0.1) is 5.92 Å². The zero-order valence-electron chi connectivity index (χ0n) is 10.6. The average molecular weight is 247 g/mol. The highest BCUT2D eigenvalue weighted by molar-refractivity contribution is 6.00. The van der Waals surface area contributed by atoms with E-state index in [1.54, 1.807) is 38.1 Å². The molecule has 0 saturated heterocycles. The number of hydrogen-bond acceptors (Lipinski definition) is 3. The number of benzene rings is 1. The fourth-order valence-electron chi connectivity index (χ4n) is 1.65. The van der Waals surface area contributed by atoms with Gasteiger partial charge in [-0.1, -0.05) is 44.2 Å². The zero-order chi connectivity index (χ0) is 13.5. The van der Waals surface area contributed by atoms with Gasteiger partial charge in [0.15, 0.2) is 11.6 Å². The van der Waals surface area contributed by atoms with E-state index in [-0.39, 0.29) is 23.9 Å². The topological polar surface area (TPSA) is 63.2 Å². The standard InChI is InChI=1S/C14H17NO3/c1-10(2)14(18)12(15-9-16)8-13(17)11-6-4-3-5-7-11/h3-7,9-10,12H,8H2,1-2H3,(H,15,16). The van der Waals surface area contributed by atoms with Crippen LogP contribution in [0.2, 0.25) is 0 Å². The van der Waals surface area contributed by atoms with Gasteiger partial charge in [0.25, 0.3) is 0 Å². The van der Waals surface area contributed by atoms with Crippen molar-refractivity contribution in [3.05, 3.63) is 35.9 Å². The summed E-state index contributed by atoms with van der Waals surface area (Å²) in [5.74, 6) is -0.499. The monoisotopic (exact) mass is 247 g/mol. The van der Waals surface area contributed by atoms with Crippen molar-refractivity contribution in [3.8, 4) is 0 Å². The van der Waals surface area contributed by atoms with Crippen LogP contribution in [-0.2, 0) is 9.59 Å². The van der Waals surface area contributed by atoms with E-state index >= 15 is 0 Å². The fourth-order valence-corrected chi connectivity index (χ4v) is 1.65. The van der Waals surface area contributed by atoms with Crippen LogP contribution < -0.4 is 5.32 Å². The molecule has 0 heterocycles. The molecule has 0 aliphatic heterocycles. The Morgan fingerprint density at radius 1 is 1.22 bits per heavy atom. The lowest BCUT2D eigenvalue weighted by atomic mass is 9.95. The van der Waals surface area contributed by atoms with Crippen molar-refractivity contribution in [2.75, 3.05) is 0 Å². The van der Waals surface area contributed by atoms with Crippen LogP contribution in [-0.4, -0.2) is 24.0 Å². The van der Waals surface area contributed by atoms with Gasteiger partial charge in [0.2, 0.25) is 6.41 Å². The number of amides is 1. The number of carbonyl (C=O) groups is 3. The Hall–Kier alpha value is -1.97. The lowest BCUT2D eigenvalue weighted by Crippen LogP contribution is -2.40. The molecule has 0 radical (unpaired) electrons. The number of carbonyl (C=O) groups excluding carboxylic acids is 3. The van der Waals surface area contributed by atoms with Gasteiger partial charge in [0.1, 0.15) is 0 Å². The highest BCUT2D eigenvalue weighted by atomic mass is 16.1. The molecule has 0 saturated carbocycles. The van der Waals surface area contributed by atoms with Gasteiger partial charge in [-0.2, -0.15) is 0 Å². The summed E-state index contributed by atoms with van der Waals surface area (Å²) in [4.78, 5) is 34.3. The van der Waals surface area contributed by atoms with Crippen molar-refractivity contribution >= 4 is 18.0 Å². The summed E-state index contributed by atoms with van der Waals surface area (Å²) >= 11 is 0. The largest absolute Gasteiger partial charge is 0.348 e. The molecule has 1 amide bonds. The third kappa shape index (κ3) is 3.80. The second-order valence-corrected chi connectivity index (χ2v) is 4.39. The molecule has 0 aliphatic carbocycles. The smallest absolute Gasteiger partial charge is 0.207 e. The van der Waals surface area contributed by atoms with Crippen molar-refractivity contribution in [2.45, 2.75) is 26.3 Å². The van der Waals surface area contributed by atoms with Crippen LogP contribution >= 0.6 is 0 Å². The second kappa shape index (κ2) is 6.69. The van der Waals surface area contributed by atoms with Crippen LogP contribution in [0.1, 0.15) is 30.6 Å². The average Bonchev–Trinajstić information content (AvgIpc) is 2.38. The Morgan fingerprint density at radius 3 is 2.33 bits per heavy atom. The molecule has 96 valence electrons. The van der Waals surface area contributed by atoms with Crippen molar-refractivity contribution in [3.63, 3.8) is 0 Å². The van der Waals surface area contributed by atoms with Gasteiger partial charge in [-0.05, 0) is 0 Å². The van der Waals surface area contributed by atoms with Gasteiger partial charge < -0.3 is 5.32 Å². The maximum Gasteiger partial charge on any atom is 0.207 e. The molecule has 1 aromatic rings. The van der Waals surface area contributed by atoms with Crippen molar-refractivity contribution < 1.29 is 14.4 Å². The number of ketones is 2. The van der Waals surface area contributed by atoms with E-state index in [0.717, 1.165) is 0 Å². The summed E-state index contributed by atoms with van der Waals surface area (Å²) in [6.45, 7) is 3.49. The van der Waals surface area contributed by atoms with Crippen molar-refractivity contribution in [1.82, 2.24) is 5.32 Å². The molecule has 18 heavy (non-hydrogen) atoms. The maximum absolute atomic E-state index is 11.9. The predicted octanol–water partition coefficient (Wildman–Crippen LogP) is 1.60. The molecule has 1 N–H and O–H groups in total. The molecule has 1 unspecified atom stereocenters. The SMILES string of the molecule is CC(C)C(=O)C(CC(=O)c1ccccc1)NC=O. The lowest BCUT2D eigenvalue weighted by Gasteiger charge is -2.16. The minimum atomic E-state index is -0.741. The number of nitrogens with one attached hydrogen (secondary N) is 1. The summed E-state index contributed by atoms with van der Waals surface area (Å²) in [5, 5.41) is 2.41. The van der Waals surface area contributed by atoms with E-state index in [9.17, 15) is 14.4 Å². The first kappa shape index (κ1) is 14.1. The van der Waals surface area contributed by atoms with Crippen LogP contribution in [0.15, 0.2) is 30.3 Å². The van der Waals surface area contributed by atoms with E-state index in [1.807, 2.05) is 6.07 Å². The summed E-state index contributed by atoms with van der Waals surface area (Å²) < 4.78 is 0. The van der Waals surface area contributed by atoms with Gasteiger partial charge in [-0.3, -0.25) is 14.4 Å². The maximum atomic E-state index is 11.9. The molecule has 0 spiro atoms. The van der Waals surface area contributed by atoms with Gasteiger partial charge in [-0.15, -0.1) is 0 Å². The van der Waals surface area contributed by atoms with Gasteiger partial charge in [0.05, 0.1) is 6.04 Å². The minimum absolute atomic E-state index is 0.000231. The van der Waals surface area contributed by atoms with Crippen molar-refractivity contribution in [2.24, 2.45) is 5.92 Å². The van der Waals surface area contributed by atoms with Gasteiger partial charge >= 0.3 is 0 Å². The summed E-state index contributed by atoms with van der Waals surface area (Å²) in [7, 11) is 0. The Bertz CT molecular complexity index is 426. The van der Waals surface area contributed by atoms with E-state index in [4.69, 9.17) is 0 Å². The summed E-state index contributed by atoms with van der Waals surface area (Å²) in [6.07, 6.45) is 0.461. The molecular formula is C14H17NO3. The van der Waals surface area contributed by atoms with E-state index < -0.39 is 6.04 Å². The number of rotatable bonds is 7. The summed E-state index contributed by atoms with van der Waals surface area (Å²) in [5.41, 5.74) is 0.548. The normalized spacial score (nSPS) is 11.9. The third-order valence-electron chi connectivity index (χ3n) is 2.67. The number of hydrogen-bond donors (Lipinski definition) is 1. The Morgan fingerprint density at radius 2 is 1.83 bits per heavy atom. The van der Waals surface area contributed by atoms with Crippen LogP contribution in [0.3, 0.4) is 0 Å². The Balaban J connectivity index is 2.75. The summed E-state index contributed by atoms with van der Waals surface area (Å²) in [6, 6.07) is 7.99. The highest BCUT2D eigenvalue weighted by Gasteiger charge is 2.23. The predicted molar refractivity (Wildman–Crippen MR) is 68.2 cm³/mol. The van der Waals surface area contributed by atoms with Crippen molar-refractivity contribution in [1.29, 1.82) is 0 Å². The first-order chi connectivity index (χ1) is 8.56. The molecule has 4 heteroatoms. The van der Waals surface area contributed by atoms with E-state index in [0.29, 0.717) is 12.0 Å². The fraction of sp³-hybridized carbons (Fsp3) is 0.357. The molecular weight excluding hydrogens is 230 g/mol. The molecule has 4 nitrogen and oxygen atoms in total. The Labute approximate surface area is 106 Å². The first-order valence-electron chi connectivity index (χ1n) is 5.88. The molecule has 0 fully saturated rings. The van der Waals surface area contributed by atoms with Gasteiger partial charge in [-0.25, -0.2) is 0 Å². The molecule has 0 bridgehead atoms. The molecule has 0 aliphatic rings. The number of Topliss-reactive ketones (excluding diaryl/α,β-unsaturated/α-hetero) is 2. The van der Waals surface area contributed by atoms with Crippen LogP contribution in [0.4, 0.5) is 0 Å². The zero-order valence-corrected chi connectivity index (χ0v) is 10.6.